The lowest BCUT2D eigenvalue weighted by Gasteiger charge is -2.03. The molecule has 3 aromatic heterocycles. The summed E-state index contributed by atoms with van der Waals surface area (Å²) in [6, 6.07) is 8.74. The fraction of sp³-hybridized carbons (Fsp3) is 0.250. The van der Waals surface area contributed by atoms with Crippen LogP contribution >= 0.6 is 23.1 Å². The van der Waals surface area contributed by atoms with Gasteiger partial charge in [-0.25, -0.2) is 0 Å². The Morgan fingerprint density at radius 1 is 1.14 bits per heavy atom. The van der Waals surface area contributed by atoms with Gasteiger partial charge < -0.3 is 0 Å². The molecule has 0 atom stereocenters. The standard InChI is InChI=1S/C16H17N3S2/c1-11(2)19-10-13(12-6-8-17-9-7-12)16(18-19)14-4-5-15(20-3)21-14/h4-11H,1-3H3. The van der Waals surface area contributed by atoms with Gasteiger partial charge in [-0.2, -0.15) is 5.10 Å². The van der Waals surface area contributed by atoms with Crippen LogP contribution in [0.25, 0.3) is 21.7 Å². The number of hydrogen-bond acceptors (Lipinski definition) is 4. The topological polar surface area (TPSA) is 30.7 Å². The zero-order chi connectivity index (χ0) is 14.8. The molecule has 3 aromatic rings. The molecule has 0 aliphatic heterocycles. The van der Waals surface area contributed by atoms with Crippen LogP contribution in [0.5, 0.6) is 0 Å². The largest absolute Gasteiger partial charge is 0.269 e. The third kappa shape index (κ3) is 2.89. The van der Waals surface area contributed by atoms with Gasteiger partial charge in [-0.3, -0.25) is 9.67 Å². The lowest BCUT2D eigenvalue weighted by atomic mass is 10.1. The predicted octanol–water partition coefficient (Wildman–Crippen LogP) is 4.98. The summed E-state index contributed by atoms with van der Waals surface area (Å²) in [4.78, 5) is 5.32. The zero-order valence-electron chi connectivity index (χ0n) is 12.3. The number of pyridine rings is 1. The number of thiophene rings is 1. The first-order valence-electron chi connectivity index (χ1n) is 6.83. The number of aromatic nitrogens is 3. The third-order valence-electron chi connectivity index (χ3n) is 3.27. The summed E-state index contributed by atoms with van der Waals surface area (Å²) >= 11 is 3.56. The molecular weight excluding hydrogens is 298 g/mol. The van der Waals surface area contributed by atoms with Gasteiger partial charge in [0.05, 0.1) is 9.09 Å². The van der Waals surface area contributed by atoms with Crippen LogP contribution < -0.4 is 0 Å². The van der Waals surface area contributed by atoms with E-state index in [1.165, 1.54) is 14.6 Å². The maximum absolute atomic E-state index is 4.80. The van der Waals surface area contributed by atoms with Gasteiger partial charge in [-0.05, 0) is 49.9 Å². The number of nitrogens with zero attached hydrogens (tertiary/aromatic N) is 3. The Labute approximate surface area is 133 Å². The molecular formula is C16H17N3S2. The minimum absolute atomic E-state index is 0.347. The molecule has 0 unspecified atom stereocenters. The molecule has 3 heterocycles. The lowest BCUT2D eigenvalue weighted by Crippen LogP contribution is -2.00. The van der Waals surface area contributed by atoms with Crippen LogP contribution in [-0.2, 0) is 0 Å². The van der Waals surface area contributed by atoms with E-state index in [1.54, 1.807) is 23.1 Å². The Morgan fingerprint density at radius 2 is 1.90 bits per heavy atom. The van der Waals surface area contributed by atoms with Crippen molar-refractivity contribution in [3.05, 3.63) is 42.9 Å². The lowest BCUT2D eigenvalue weighted by molar-refractivity contribution is 0.534. The molecule has 3 rings (SSSR count). The van der Waals surface area contributed by atoms with E-state index >= 15 is 0 Å². The molecule has 0 aliphatic carbocycles. The molecule has 0 amide bonds. The fourth-order valence-electron chi connectivity index (χ4n) is 2.14. The molecule has 0 saturated heterocycles. The normalized spacial score (nSPS) is 11.2. The molecule has 3 nitrogen and oxygen atoms in total. The van der Waals surface area contributed by atoms with E-state index in [0.29, 0.717) is 6.04 Å². The van der Waals surface area contributed by atoms with Crippen molar-refractivity contribution < 1.29 is 0 Å². The fourth-order valence-corrected chi connectivity index (χ4v) is 3.68. The quantitative estimate of drug-likeness (QED) is 0.636. The van der Waals surface area contributed by atoms with Crippen LogP contribution in [0.15, 0.2) is 47.1 Å². The SMILES string of the molecule is CSc1ccc(-c2nn(C(C)C)cc2-c2ccncc2)s1. The van der Waals surface area contributed by atoms with E-state index in [0.717, 1.165) is 11.3 Å². The van der Waals surface area contributed by atoms with E-state index in [1.807, 2.05) is 29.2 Å². The minimum Gasteiger partial charge on any atom is -0.269 e. The van der Waals surface area contributed by atoms with Crippen LogP contribution in [-0.4, -0.2) is 21.0 Å². The Balaban J connectivity index is 2.14. The van der Waals surface area contributed by atoms with Crippen molar-refractivity contribution in [3.8, 4) is 21.7 Å². The molecule has 21 heavy (non-hydrogen) atoms. The molecule has 0 aromatic carbocycles. The maximum atomic E-state index is 4.80. The van der Waals surface area contributed by atoms with Crippen LogP contribution in [0.2, 0.25) is 0 Å². The maximum Gasteiger partial charge on any atom is 0.110 e. The van der Waals surface area contributed by atoms with Crippen LogP contribution in [0.4, 0.5) is 0 Å². The van der Waals surface area contributed by atoms with Gasteiger partial charge in [0.25, 0.3) is 0 Å². The molecule has 0 bridgehead atoms. The average Bonchev–Trinajstić information content (AvgIpc) is 3.14. The van der Waals surface area contributed by atoms with Gasteiger partial charge >= 0.3 is 0 Å². The van der Waals surface area contributed by atoms with Crippen molar-refractivity contribution in [3.63, 3.8) is 0 Å². The molecule has 0 N–H and O–H groups in total. The number of rotatable bonds is 4. The smallest absolute Gasteiger partial charge is 0.110 e. The van der Waals surface area contributed by atoms with E-state index in [-0.39, 0.29) is 0 Å². The minimum atomic E-state index is 0.347. The van der Waals surface area contributed by atoms with Crippen molar-refractivity contribution in [2.75, 3.05) is 6.26 Å². The Bertz CT molecular complexity index is 729. The second-order valence-electron chi connectivity index (χ2n) is 5.02. The molecule has 0 fully saturated rings. The molecule has 0 saturated carbocycles. The summed E-state index contributed by atoms with van der Waals surface area (Å²) in [6.45, 7) is 4.30. The molecule has 0 radical (unpaired) electrons. The Kier molecular flexibility index (Phi) is 4.12. The van der Waals surface area contributed by atoms with Crippen molar-refractivity contribution in [2.24, 2.45) is 0 Å². The number of thioether (sulfide) groups is 1. The van der Waals surface area contributed by atoms with Crippen LogP contribution in [0.3, 0.4) is 0 Å². The highest BCUT2D eigenvalue weighted by Crippen LogP contribution is 2.37. The Morgan fingerprint density at radius 3 is 2.52 bits per heavy atom. The monoisotopic (exact) mass is 315 g/mol. The van der Waals surface area contributed by atoms with E-state index in [4.69, 9.17) is 5.10 Å². The number of hydrogen-bond donors (Lipinski definition) is 0. The summed E-state index contributed by atoms with van der Waals surface area (Å²) in [5.74, 6) is 0. The first-order chi connectivity index (χ1) is 10.2. The summed E-state index contributed by atoms with van der Waals surface area (Å²) in [6.07, 6.45) is 7.89. The van der Waals surface area contributed by atoms with Gasteiger partial charge in [0, 0.05) is 30.2 Å². The average molecular weight is 315 g/mol. The van der Waals surface area contributed by atoms with Gasteiger partial charge in [-0.15, -0.1) is 23.1 Å². The van der Waals surface area contributed by atoms with Crippen molar-refractivity contribution in [1.29, 1.82) is 0 Å². The highest BCUT2D eigenvalue weighted by atomic mass is 32.2. The van der Waals surface area contributed by atoms with Gasteiger partial charge in [0.2, 0.25) is 0 Å². The molecule has 0 aliphatic rings. The highest BCUT2D eigenvalue weighted by Gasteiger charge is 2.16. The van der Waals surface area contributed by atoms with E-state index < -0.39 is 0 Å². The highest BCUT2D eigenvalue weighted by molar-refractivity contribution is 8.00. The first-order valence-corrected chi connectivity index (χ1v) is 8.87. The summed E-state index contributed by atoms with van der Waals surface area (Å²) in [5.41, 5.74) is 3.38. The van der Waals surface area contributed by atoms with Gasteiger partial charge in [0.1, 0.15) is 5.69 Å². The first kappa shape index (κ1) is 14.4. The molecule has 5 heteroatoms. The van der Waals surface area contributed by atoms with Crippen LogP contribution in [0, 0.1) is 0 Å². The summed E-state index contributed by atoms with van der Waals surface area (Å²) in [7, 11) is 0. The second-order valence-corrected chi connectivity index (χ2v) is 7.21. The molecule has 0 spiro atoms. The Hall–Kier alpha value is -1.59. The second kappa shape index (κ2) is 6.03. The van der Waals surface area contributed by atoms with E-state index in [2.05, 4.69) is 43.4 Å². The summed E-state index contributed by atoms with van der Waals surface area (Å²) in [5, 5.41) is 4.80. The van der Waals surface area contributed by atoms with Crippen LogP contribution in [0.1, 0.15) is 19.9 Å². The van der Waals surface area contributed by atoms with Gasteiger partial charge in [-0.1, -0.05) is 0 Å². The van der Waals surface area contributed by atoms with E-state index in [9.17, 15) is 0 Å². The summed E-state index contributed by atoms with van der Waals surface area (Å²) < 4.78 is 3.34. The zero-order valence-corrected chi connectivity index (χ0v) is 13.9. The van der Waals surface area contributed by atoms with Gasteiger partial charge in [0.15, 0.2) is 0 Å². The van der Waals surface area contributed by atoms with Crippen molar-refractivity contribution in [2.45, 2.75) is 24.1 Å². The predicted molar refractivity (Wildman–Crippen MR) is 90.9 cm³/mol. The van der Waals surface area contributed by atoms with Crippen molar-refractivity contribution >= 4 is 23.1 Å². The molecule has 108 valence electrons. The van der Waals surface area contributed by atoms with Crippen molar-refractivity contribution in [1.82, 2.24) is 14.8 Å². The third-order valence-corrected chi connectivity index (χ3v) is 5.44.